The van der Waals surface area contributed by atoms with Crippen molar-refractivity contribution >= 4 is 0 Å². The molecule has 1 rings (SSSR count). The van der Waals surface area contributed by atoms with Crippen LogP contribution in [0.5, 0.6) is 0 Å². The van der Waals surface area contributed by atoms with Crippen LogP contribution in [0.25, 0.3) is 0 Å². The van der Waals surface area contributed by atoms with Crippen LogP contribution >= 0.6 is 0 Å². The molecule has 0 saturated heterocycles. The predicted octanol–water partition coefficient (Wildman–Crippen LogP) is 16.3. The standard InChI is InChI=1S/C44H88/c1-9-11-13-27-33-41-39(31-25-12-10-2)35-36-40(32-26-21-18-20-24-30-38-44(6,7)8)42(41)34-28-22-17-15-14-16-19-23-29-37-43(3,4)5/h39-42H,9-38H2,1-8H3. The maximum atomic E-state index is 2.40. The summed E-state index contributed by atoms with van der Waals surface area (Å²) in [5, 5.41) is 0. The van der Waals surface area contributed by atoms with Crippen molar-refractivity contribution in [1.29, 1.82) is 0 Å². The molecule has 4 unspecified atom stereocenters. The fourth-order valence-electron chi connectivity index (χ4n) is 8.68. The molecule has 0 N–H and O–H groups in total. The first-order chi connectivity index (χ1) is 21.1. The molecule has 0 bridgehead atoms. The first kappa shape index (κ1) is 42.0. The quantitative estimate of drug-likeness (QED) is 0.0767. The van der Waals surface area contributed by atoms with E-state index in [1.165, 1.54) is 154 Å². The fourth-order valence-corrected chi connectivity index (χ4v) is 8.68. The molecule has 0 amide bonds. The number of hydrogen-bond acceptors (Lipinski definition) is 0. The smallest absolute Gasteiger partial charge is 0.0355 e. The maximum Gasteiger partial charge on any atom is -0.0355 e. The monoisotopic (exact) mass is 617 g/mol. The van der Waals surface area contributed by atoms with Gasteiger partial charge in [0.15, 0.2) is 0 Å². The van der Waals surface area contributed by atoms with Gasteiger partial charge in [-0.1, -0.05) is 209 Å². The Morgan fingerprint density at radius 2 is 0.614 bits per heavy atom. The molecule has 0 heterocycles. The van der Waals surface area contributed by atoms with E-state index in [1.807, 2.05) is 0 Å². The lowest BCUT2D eigenvalue weighted by molar-refractivity contribution is 0.0582. The molecular formula is C44H88. The lowest BCUT2D eigenvalue weighted by Crippen LogP contribution is -2.35. The van der Waals surface area contributed by atoms with Gasteiger partial charge in [-0.15, -0.1) is 0 Å². The molecule has 0 radical (unpaired) electrons. The Bertz CT molecular complexity index is 603. The van der Waals surface area contributed by atoms with Gasteiger partial charge in [-0.3, -0.25) is 0 Å². The van der Waals surface area contributed by atoms with Crippen LogP contribution in [0, 0.1) is 34.5 Å². The summed E-state index contributed by atoms with van der Waals surface area (Å²) >= 11 is 0. The summed E-state index contributed by atoms with van der Waals surface area (Å²) in [5.41, 5.74) is 1.04. The number of hydrogen-bond donors (Lipinski definition) is 0. The van der Waals surface area contributed by atoms with Crippen LogP contribution in [0.1, 0.15) is 248 Å². The Labute approximate surface area is 281 Å². The van der Waals surface area contributed by atoms with Crippen LogP contribution in [-0.2, 0) is 0 Å². The van der Waals surface area contributed by atoms with Crippen molar-refractivity contribution in [3.8, 4) is 0 Å². The minimum Gasteiger partial charge on any atom is -0.0654 e. The van der Waals surface area contributed by atoms with Gasteiger partial charge in [-0.05, 0) is 73.0 Å². The molecule has 0 aliphatic heterocycles. The van der Waals surface area contributed by atoms with E-state index in [4.69, 9.17) is 0 Å². The SMILES string of the molecule is CCCCCCC1C(CCCCC)CCC(CCCCCCCCC(C)(C)C)C1CCCCCCCCCCCC(C)(C)C. The van der Waals surface area contributed by atoms with Crippen LogP contribution in [0.15, 0.2) is 0 Å². The highest BCUT2D eigenvalue weighted by Crippen LogP contribution is 2.47. The predicted molar refractivity (Wildman–Crippen MR) is 203 cm³/mol. The molecule has 1 fully saturated rings. The molecular weight excluding hydrogens is 528 g/mol. The van der Waals surface area contributed by atoms with E-state index in [-0.39, 0.29) is 0 Å². The van der Waals surface area contributed by atoms with Crippen molar-refractivity contribution in [2.45, 2.75) is 248 Å². The maximum absolute atomic E-state index is 2.40. The van der Waals surface area contributed by atoms with Crippen LogP contribution in [0.3, 0.4) is 0 Å². The topological polar surface area (TPSA) is 0 Å². The average molecular weight is 617 g/mol. The van der Waals surface area contributed by atoms with E-state index in [9.17, 15) is 0 Å². The Balaban J connectivity index is 2.55. The highest BCUT2D eigenvalue weighted by Gasteiger charge is 2.37. The number of unbranched alkanes of at least 4 members (excludes halogenated alkanes) is 18. The van der Waals surface area contributed by atoms with E-state index in [1.54, 1.807) is 38.5 Å². The largest absolute Gasteiger partial charge is 0.0654 e. The Morgan fingerprint density at radius 1 is 0.341 bits per heavy atom. The summed E-state index contributed by atoms with van der Waals surface area (Å²) in [5.74, 6) is 4.19. The van der Waals surface area contributed by atoms with Gasteiger partial charge >= 0.3 is 0 Å². The Morgan fingerprint density at radius 3 is 0.977 bits per heavy atom. The Hall–Kier alpha value is 0. The van der Waals surface area contributed by atoms with E-state index >= 15 is 0 Å². The van der Waals surface area contributed by atoms with Crippen molar-refractivity contribution in [1.82, 2.24) is 0 Å². The summed E-state index contributed by atoms with van der Waals surface area (Å²) in [7, 11) is 0. The normalized spacial score (nSPS) is 21.3. The number of rotatable bonds is 28. The van der Waals surface area contributed by atoms with E-state index in [0.29, 0.717) is 10.8 Å². The molecule has 0 nitrogen and oxygen atoms in total. The fraction of sp³-hybridized carbons (Fsp3) is 1.00. The van der Waals surface area contributed by atoms with Crippen molar-refractivity contribution < 1.29 is 0 Å². The summed E-state index contributed by atoms with van der Waals surface area (Å²) in [6, 6.07) is 0. The van der Waals surface area contributed by atoms with Crippen LogP contribution in [0.4, 0.5) is 0 Å². The van der Waals surface area contributed by atoms with Gasteiger partial charge in [-0.2, -0.15) is 0 Å². The lowest BCUT2D eigenvalue weighted by atomic mass is 9.61. The van der Waals surface area contributed by atoms with E-state index in [0.717, 1.165) is 23.7 Å². The van der Waals surface area contributed by atoms with Crippen molar-refractivity contribution in [3.63, 3.8) is 0 Å². The molecule has 1 saturated carbocycles. The third-order valence-corrected chi connectivity index (χ3v) is 11.5. The minimum atomic E-state index is 0.517. The molecule has 0 aromatic carbocycles. The molecule has 264 valence electrons. The second-order valence-corrected chi connectivity index (χ2v) is 18.3. The summed E-state index contributed by atoms with van der Waals surface area (Å²) < 4.78 is 0. The van der Waals surface area contributed by atoms with Crippen LogP contribution in [-0.4, -0.2) is 0 Å². The van der Waals surface area contributed by atoms with Gasteiger partial charge < -0.3 is 0 Å². The van der Waals surface area contributed by atoms with Gasteiger partial charge in [0.05, 0.1) is 0 Å². The van der Waals surface area contributed by atoms with Crippen LogP contribution in [0.2, 0.25) is 0 Å². The molecule has 1 aliphatic carbocycles. The Kier molecular flexibility index (Phi) is 24.8. The molecule has 0 heteroatoms. The second kappa shape index (κ2) is 26.0. The van der Waals surface area contributed by atoms with Gasteiger partial charge in [-0.25, -0.2) is 0 Å². The lowest BCUT2D eigenvalue weighted by Gasteiger charge is -2.44. The third-order valence-electron chi connectivity index (χ3n) is 11.5. The summed E-state index contributed by atoms with van der Waals surface area (Å²) in [6.45, 7) is 19.1. The molecule has 0 aromatic rings. The van der Waals surface area contributed by atoms with Crippen molar-refractivity contribution in [2.24, 2.45) is 34.5 Å². The molecule has 4 atom stereocenters. The van der Waals surface area contributed by atoms with Gasteiger partial charge in [0.2, 0.25) is 0 Å². The first-order valence-corrected chi connectivity index (χ1v) is 21.1. The molecule has 1 aliphatic rings. The van der Waals surface area contributed by atoms with Gasteiger partial charge in [0, 0.05) is 0 Å². The highest BCUT2D eigenvalue weighted by atomic mass is 14.4. The zero-order chi connectivity index (χ0) is 32.5. The first-order valence-electron chi connectivity index (χ1n) is 21.1. The molecule has 0 spiro atoms. The van der Waals surface area contributed by atoms with Gasteiger partial charge in [0.1, 0.15) is 0 Å². The van der Waals surface area contributed by atoms with E-state index < -0.39 is 0 Å². The summed E-state index contributed by atoms with van der Waals surface area (Å²) in [4.78, 5) is 0. The average Bonchev–Trinajstić information content (AvgIpc) is 2.95. The zero-order valence-electron chi connectivity index (χ0n) is 32.5. The molecule has 0 aromatic heterocycles. The summed E-state index contributed by atoms with van der Waals surface area (Å²) in [6.07, 6.45) is 44.5. The van der Waals surface area contributed by atoms with Crippen molar-refractivity contribution in [3.05, 3.63) is 0 Å². The van der Waals surface area contributed by atoms with Crippen molar-refractivity contribution in [2.75, 3.05) is 0 Å². The van der Waals surface area contributed by atoms with E-state index in [2.05, 4.69) is 55.4 Å². The third kappa shape index (κ3) is 23.3. The second-order valence-electron chi connectivity index (χ2n) is 18.3. The van der Waals surface area contributed by atoms with Crippen LogP contribution < -0.4 is 0 Å². The minimum absolute atomic E-state index is 0.517. The van der Waals surface area contributed by atoms with Gasteiger partial charge in [0.25, 0.3) is 0 Å². The zero-order valence-corrected chi connectivity index (χ0v) is 32.5. The highest BCUT2D eigenvalue weighted by molar-refractivity contribution is 4.88. The molecule has 44 heavy (non-hydrogen) atoms.